The van der Waals surface area contributed by atoms with E-state index in [1.807, 2.05) is 24.3 Å². The summed E-state index contributed by atoms with van der Waals surface area (Å²) in [6, 6.07) is 7.92. The maximum absolute atomic E-state index is 5.64. The fourth-order valence-corrected chi connectivity index (χ4v) is 1.72. The summed E-state index contributed by atoms with van der Waals surface area (Å²) in [6.07, 6.45) is 1.12. The SMILES string of the molecule is Brc1ccc(OC[C@H]2CCOC2)cc1. The van der Waals surface area contributed by atoms with E-state index in [2.05, 4.69) is 15.9 Å². The zero-order valence-corrected chi connectivity index (χ0v) is 9.50. The molecule has 1 saturated heterocycles. The maximum Gasteiger partial charge on any atom is 0.119 e. The van der Waals surface area contributed by atoms with Gasteiger partial charge in [0.15, 0.2) is 0 Å². The van der Waals surface area contributed by atoms with E-state index in [9.17, 15) is 0 Å². The minimum Gasteiger partial charge on any atom is -0.493 e. The van der Waals surface area contributed by atoms with Crippen LogP contribution in [0, 0.1) is 5.92 Å². The van der Waals surface area contributed by atoms with Crippen molar-refractivity contribution in [1.82, 2.24) is 0 Å². The molecule has 1 heterocycles. The summed E-state index contributed by atoms with van der Waals surface area (Å²) in [6.45, 7) is 2.49. The Morgan fingerprint density at radius 1 is 1.36 bits per heavy atom. The summed E-state index contributed by atoms with van der Waals surface area (Å²) in [5.41, 5.74) is 0. The molecule has 2 nitrogen and oxygen atoms in total. The van der Waals surface area contributed by atoms with Gasteiger partial charge in [0, 0.05) is 17.0 Å². The molecule has 1 aromatic rings. The molecule has 0 bridgehead atoms. The highest BCUT2D eigenvalue weighted by Crippen LogP contribution is 2.18. The van der Waals surface area contributed by atoms with E-state index in [0.717, 1.165) is 36.5 Å². The Balaban J connectivity index is 1.82. The van der Waals surface area contributed by atoms with Crippen LogP contribution in [-0.2, 0) is 4.74 Å². The van der Waals surface area contributed by atoms with Crippen molar-refractivity contribution in [3.05, 3.63) is 28.7 Å². The van der Waals surface area contributed by atoms with E-state index in [0.29, 0.717) is 5.92 Å². The quantitative estimate of drug-likeness (QED) is 0.828. The minimum absolute atomic E-state index is 0.568. The van der Waals surface area contributed by atoms with Crippen LogP contribution in [-0.4, -0.2) is 19.8 Å². The molecule has 0 amide bonds. The van der Waals surface area contributed by atoms with Crippen LogP contribution in [0.25, 0.3) is 0 Å². The van der Waals surface area contributed by atoms with Crippen molar-refractivity contribution in [2.75, 3.05) is 19.8 Å². The molecular weight excluding hydrogens is 244 g/mol. The number of ether oxygens (including phenoxy) is 2. The zero-order chi connectivity index (χ0) is 9.80. The average Bonchev–Trinajstić information content (AvgIpc) is 2.70. The third kappa shape index (κ3) is 2.72. The van der Waals surface area contributed by atoms with Gasteiger partial charge in [-0.25, -0.2) is 0 Å². The molecule has 0 unspecified atom stereocenters. The second-order valence-electron chi connectivity index (χ2n) is 3.49. The van der Waals surface area contributed by atoms with E-state index in [1.54, 1.807) is 0 Å². The van der Waals surface area contributed by atoms with E-state index in [-0.39, 0.29) is 0 Å². The number of hydrogen-bond acceptors (Lipinski definition) is 2. The van der Waals surface area contributed by atoms with Crippen molar-refractivity contribution in [3.8, 4) is 5.75 Å². The molecule has 14 heavy (non-hydrogen) atoms. The summed E-state index contributed by atoms with van der Waals surface area (Å²) < 4.78 is 12.0. The monoisotopic (exact) mass is 256 g/mol. The molecule has 1 aliphatic rings. The van der Waals surface area contributed by atoms with Crippen molar-refractivity contribution in [2.45, 2.75) is 6.42 Å². The van der Waals surface area contributed by atoms with Crippen LogP contribution in [0.5, 0.6) is 5.75 Å². The van der Waals surface area contributed by atoms with Gasteiger partial charge in [0.2, 0.25) is 0 Å². The topological polar surface area (TPSA) is 18.5 Å². The predicted molar refractivity (Wildman–Crippen MR) is 58.6 cm³/mol. The average molecular weight is 257 g/mol. The Labute approximate surface area is 92.3 Å². The summed E-state index contributed by atoms with van der Waals surface area (Å²) >= 11 is 3.39. The van der Waals surface area contributed by atoms with Crippen molar-refractivity contribution in [2.24, 2.45) is 5.92 Å². The predicted octanol–water partition coefficient (Wildman–Crippen LogP) is 2.86. The van der Waals surface area contributed by atoms with Crippen molar-refractivity contribution in [3.63, 3.8) is 0 Å². The van der Waals surface area contributed by atoms with E-state index >= 15 is 0 Å². The molecule has 0 aromatic heterocycles. The molecule has 0 saturated carbocycles. The molecule has 3 heteroatoms. The van der Waals surface area contributed by atoms with Gasteiger partial charge in [-0.3, -0.25) is 0 Å². The second-order valence-corrected chi connectivity index (χ2v) is 4.41. The summed E-state index contributed by atoms with van der Waals surface area (Å²) in [5, 5.41) is 0. The van der Waals surface area contributed by atoms with Gasteiger partial charge in [0.25, 0.3) is 0 Å². The normalized spacial score (nSPS) is 21.1. The summed E-state index contributed by atoms with van der Waals surface area (Å²) in [7, 11) is 0. The smallest absolute Gasteiger partial charge is 0.119 e. The van der Waals surface area contributed by atoms with Gasteiger partial charge in [-0.05, 0) is 30.7 Å². The molecule has 1 aliphatic heterocycles. The lowest BCUT2D eigenvalue weighted by Gasteiger charge is -2.09. The molecule has 0 N–H and O–H groups in total. The van der Waals surface area contributed by atoms with Gasteiger partial charge in [-0.15, -0.1) is 0 Å². The maximum atomic E-state index is 5.64. The Bertz CT molecular complexity index is 278. The molecule has 1 fully saturated rings. The van der Waals surface area contributed by atoms with E-state index < -0.39 is 0 Å². The number of hydrogen-bond donors (Lipinski definition) is 0. The lowest BCUT2D eigenvalue weighted by atomic mass is 10.1. The van der Waals surface area contributed by atoms with Crippen LogP contribution >= 0.6 is 15.9 Å². The Hall–Kier alpha value is -0.540. The van der Waals surface area contributed by atoms with Crippen molar-refractivity contribution < 1.29 is 9.47 Å². The highest BCUT2D eigenvalue weighted by atomic mass is 79.9. The third-order valence-corrected chi connectivity index (χ3v) is 2.85. The van der Waals surface area contributed by atoms with E-state index in [4.69, 9.17) is 9.47 Å². The van der Waals surface area contributed by atoms with Crippen LogP contribution in [0.4, 0.5) is 0 Å². The molecule has 0 radical (unpaired) electrons. The highest BCUT2D eigenvalue weighted by Gasteiger charge is 2.15. The van der Waals surface area contributed by atoms with Crippen molar-refractivity contribution >= 4 is 15.9 Å². The van der Waals surface area contributed by atoms with E-state index in [1.165, 1.54) is 0 Å². The Kier molecular flexibility index (Phi) is 3.43. The lowest BCUT2D eigenvalue weighted by Crippen LogP contribution is -2.11. The van der Waals surface area contributed by atoms with Crippen LogP contribution in [0.3, 0.4) is 0 Å². The fraction of sp³-hybridized carbons (Fsp3) is 0.455. The molecular formula is C11H13BrO2. The van der Waals surface area contributed by atoms with Gasteiger partial charge in [-0.1, -0.05) is 15.9 Å². The molecule has 0 aliphatic carbocycles. The zero-order valence-electron chi connectivity index (χ0n) is 7.91. The first-order valence-corrected chi connectivity index (χ1v) is 5.60. The Morgan fingerprint density at radius 2 is 2.14 bits per heavy atom. The van der Waals surface area contributed by atoms with Gasteiger partial charge >= 0.3 is 0 Å². The van der Waals surface area contributed by atoms with Crippen LogP contribution in [0.2, 0.25) is 0 Å². The van der Waals surface area contributed by atoms with Crippen LogP contribution in [0.15, 0.2) is 28.7 Å². The van der Waals surface area contributed by atoms with Crippen LogP contribution < -0.4 is 4.74 Å². The third-order valence-electron chi connectivity index (χ3n) is 2.32. The molecule has 1 aromatic carbocycles. The molecule has 2 rings (SSSR count). The lowest BCUT2D eigenvalue weighted by molar-refractivity contribution is 0.167. The first-order valence-electron chi connectivity index (χ1n) is 4.81. The first-order chi connectivity index (χ1) is 6.84. The minimum atomic E-state index is 0.568. The molecule has 1 atom stereocenters. The fourth-order valence-electron chi connectivity index (χ4n) is 1.46. The Morgan fingerprint density at radius 3 is 2.79 bits per heavy atom. The molecule has 76 valence electrons. The van der Waals surface area contributed by atoms with Gasteiger partial charge in [-0.2, -0.15) is 0 Å². The second kappa shape index (κ2) is 4.80. The highest BCUT2D eigenvalue weighted by molar-refractivity contribution is 9.10. The number of halogens is 1. The first kappa shape index (κ1) is 9.99. The van der Waals surface area contributed by atoms with Gasteiger partial charge in [0.1, 0.15) is 5.75 Å². The standard InChI is InChI=1S/C11H13BrO2/c12-10-1-3-11(4-2-10)14-8-9-5-6-13-7-9/h1-4,9H,5-8H2/t9-/m0/s1. The number of rotatable bonds is 3. The summed E-state index contributed by atoms with van der Waals surface area (Å²) in [5.74, 6) is 1.50. The van der Waals surface area contributed by atoms with Gasteiger partial charge in [0.05, 0.1) is 13.2 Å². The van der Waals surface area contributed by atoms with Gasteiger partial charge < -0.3 is 9.47 Å². The van der Waals surface area contributed by atoms with Crippen LogP contribution in [0.1, 0.15) is 6.42 Å². The number of benzene rings is 1. The van der Waals surface area contributed by atoms with Crippen molar-refractivity contribution in [1.29, 1.82) is 0 Å². The largest absolute Gasteiger partial charge is 0.493 e. The summed E-state index contributed by atoms with van der Waals surface area (Å²) in [4.78, 5) is 0. The molecule has 0 spiro atoms.